The van der Waals surface area contributed by atoms with Crippen LogP contribution in [0.3, 0.4) is 0 Å². The van der Waals surface area contributed by atoms with Crippen LogP contribution in [0, 0.1) is 5.92 Å². The van der Waals surface area contributed by atoms with Crippen LogP contribution in [0.5, 0.6) is 0 Å². The molecule has 0 N–H and O–H groups in total. The van der Waals surface area contributed by atoms with Crippen LogP contribution in [0.25, 0.3) is 0 Å². The predicted octanol–water partition coefficient (Wildman–Crippen LogP) is 2.71. The van der Waals surface area contributed by atoms with E-state index in [4.69, 9.17) is 0 Å². The van der Waals surface area contributed by atoms with Crippen molar-refractivity contribution < 1.29 is 4.79 Å². The summed E-state index contributed by atoms with van der Waals surface area (Å²) < 4.78 is 0. The summed E-state index contributed by atoms with van der Waals surface area (Å²) in [5.74, 6) is 0.991. The first-order valence-corrected chi connectivity index (χ1v) is 4.54. The average Bonchev–Trinajstić information content (AvgIpc) is 2.04. The Morgan fingerprint density at radius 2 is 2.45 bits per heavy atom. The fourth-order valence-electron chi connectivity index (χ4n) is 1.46. The van der Waals surface area contributed by atoms with Crippen LogP contribution < -0.4 is 0 Å². The molecule has 1 aliphatic carbocycles. The van der Waals surface area contributed by atoms with E-state index in [9.17, 15) is 4.79 Å². The van der Waals surface area contributed by atoms with Gasteiger partial charge in [-0.3, -0.25) is 4.79 Å². The number of carbonyl (C=O) groups is 1. The average molecular weight is 152 g/mol. The Hall–Kier alpha value is -0.590. The highest BCUT2D eigenvalue weighted by Crippen LogP contribution is 2.20. The number of rotatable bonds is 3. The van der Waals surface area contributed by atoms with Crippen molar-refractivity contribution >= 4 is 5.78 Å². The Morgan fingerprint density at radius 1 is 1.64 bits per heavy atom. The number of unbranched alkanes of at least 4 members (excludes halogenated alkanes) is 1. The fraction of sp³-hybridized carbons (Fsp3) is 0.700. The second-order valence-electron chi connectivity index (χ2n) is 3.27. The van der Waals surface area contributed by atoms with E-state index in [2.05, 4.69) is 13.0 Å². The Morgan fingerprint density at radius 3 is 3.00 bits per heavy atom. The Labute approximate surface area is 68.5 Å². The maximum Gasteiger partial charge on any atom is 0.155 e. The molecular weight excluding hydrogens is 136 g/mol. The molecule has 1 heteroatoms. The van der Waals surface area contributed by atoms with E-state index in [-0.39, 0.29) is 0 Å². The van der Waals surface area contributed by atoms with Crippen LogP contribution in [-0.2, 0) is 4.79 Å². The van der Waals surface area contributed by atoms with Crippen LogP contribution in [0.2, 0.25) is 0 Å². The van der Waals surface area contributed by atoms with Gasteiger partial charge in [0.1, 0.15) is 0 Å². The third kappa shape index (κ3) is 2.87. The summed E-state index contributed by atoms with van der Waals surface area (Å²) in [6.07, 6.45) is 9.51. The molecule has 0 saturated heterocycles. The van der Waals surface area contributed by atoms with Crippen LogP contribution >= 0.6 is 0 Å². The molecule has 0 aliphatic heterocycles. The Kier molecular flexibility index (Phi) is 3.34. The maximum absolute atomic E-state index is 10.8. The minimum absolute atomic E-state index is 0.303. The molecule has 0 heterocycles. The number of carbonyl (C=O) groups excluding carboxylic acids is 1. The molecule has 0 bridgehead atoms. The molecule has 0 saturated carbocycles. The molecule has 0 aromatic carbocycles. The van der Waals surface area contributed by atoms with Crippen molar-refractivity contribution in [3.8, 4) is 0 Å². The van der Waals surface area contributed by atoms with E-state index in [0.29, 0.717) is 11.7 Å². The van der Waals surface area contributed by atoms with Gasteiger partial charge in [-0.05, 0) is 24.8 Å². The zero-order chi connectivity index (χ0) is 8.10. The van der Waals surface area contributed by atoms with Gasteiger partial charge in [0.15, 0.2) is 5.78 Å². The maximum atomic E-state index is 10.8. The molecule has 62 valence electrons. The third-order valence-corrected chi connectivity index (χ3v) is 2.24. The molecule has 1 nitrogen and oxygen atoms in total. The van der Waals surface area contributed by atoms with Gasteiger partial charge in [-0.15, -0.1) is 0 Å². The van der Waals surface area contributed by atoms with E-state index in [0.717, 1.165) is 12.8 Å². The van der Waals surface area contributed by atoms with Gasteiger partial charge in [0.25, 0.3) is 0 Å². The van der Waals surface area contributed by atoms with Crippen LogP contribution in [0.4, 0.5) is 0 Å². The number of hydrogen-bond donors (Lipinski definition) is 0. The van der Waals surface area contributed by atoms with Crippen molar-refractivity contribution in [2.75, 3.05) is 0 Å². The number of ketones is 1. The minimum Gasteiger partial charge on any atom is -0.295 e. The third-order valence-electron chi connectivity index (χ3n) is 2.24. The quantitative estimate of drug-likeness (QED) is 0.607. The monoisotopic (exact) mass is 152 g/mol. The SMILES string of the molecule is CCCCC1C=CC(=O)CC1. The molecule has 0 radical (unpaired) electrons. The second kappa shape index (κ2) is 4.32. The van der Waals surface area contributed by atoms with E-state index in [1.165, 1.54) is 19.3 Å². The van der Waals surface area contributed by atoms with Crippen molar-refractivity contribution in [3.63, 3.8) is 0 Å². The van der Waals surface area contributed by atoms with E-state index in [1.807, 2.05) is 0 Å². The van der Waals surface area contributed by atoms with Crippen molar-refractivity contribution in [2.24, 2.45) is 5.92 Å². The van der Waals surface area contributed by atoms with Crippen molar-refractivity contribution in [2.45, 2.75) is 39.0 Å². The first-order chi connectivity index (χ1) is 5.33. The molecule has 0 fully saturated rings. The van der Waals surface area contributed by atoms with Gasteiger partial charge in [-0.2, -0.15) is 0 Å². The van der Waals surface area contributed by atoms with Gasteiger partial charge in [-0.25, -0.2) is 0 Å². The van der Waals surface area contributed by atoms with Crippen LogP contribution in [0.1, 0.15) is 39.0 Å². The zero-order valence-corrected chi connectivity index (χ0v) is 7.18. The van der Waals surface area contributed by atoms with Crippen LogP contribution in [-0.4, -0.2) is 5.78 Å². The summed E-state index contributed by atoms with van der Waals surface area (Å²) in [7, 11) is 0. The summed E-state index contributed by atoms with van der Waals surface area (Å²) in [5, 5.41) is 0. The van der Waals surface area contributed by atoms with E-state index < -0.39 is 0 Å². The Balaban J connectivity index is 2.26. The highest BCUT2D eigenvalue weighted by Gasteiger charge is 2.11. The first-order valence-electron chi connectivity index (χ1n) is 4.54. The van der Waals surface area contributed by atoms with Gasteiger partial charge >= 0.3 is 0 Å². The molecule has 0 aromatic heterocycles. The minimum atomic E-state index is 0.303. The van der Waals surface area contributed by atoms with Crippen molar-refractivity contribution in [1.29, 1.82) is 0 Å². The zero-order valence-electron chi connectivity index (χ0n) is 7.18. The van der Waals surface area contributed by atoms with Crippen molar-refractivity contribution in [3.05, 3.63) is 12.2 Å². The highest BCUT2D eigenvalue weighted by atomic mass is 16.1. The Bertz CT molecular complexity index is 158. The summed E-state index contributed by atoms with van der Waals surface area (Å²) >= 11 is 0. The topological polar surface area (TPSA) is 17.1 Å². The predicted molar refractivity (Wildman–Crippen MR) is 46.4 cm³/mol. The summed E-state index contributed by atoms with van der Waals surface area (Å²) in [5.41, 5.74) is 0. The standard InChI is InChI=1S/C10H16O/c1-2-3-4-9-5-7-10(11)8-6-9/h5,7,9H,2-4,6,8H2,1H3. The number of allylic oxidation sites excluding steroid dienone is 2. The van der Waals surface area contributed by atoms with Crippen LogP contribution in [0.15, 0.2) is 12.2 Å². The molecule has 11 heavy (non-hydrogen) atoms. The lowest BCUT2D eigenvalue weighted by molar-refractivity contribution is -0.115. The highest BCUT2D eigenvalue weighted by molar-refractivity contribution is 5.90. The molecule has 1 atom stereocenters. The van der Waals surface area contributed by atoms with Gasteiger partial charge in [-0.1, -0.05) is 25.8 Å². The summed E-state index contributed by atoms with van der Waals surface area (Å²) in [4.78, 5) is 10.8. The molecule has 1 rings (SSSR count). The van der Waals surface area contributed by atoms with Gasteiger partial charge in [0, 0.05) is 6.42 Å². The lowest BCUT2D eigenvalue weighted by Gasteiger charge is -2.14. The lowest BCUT2D eigenvalue weighted by Crippen LogP contribution is -2.07. The van der Waals surface area contributed by atoms with Gasteiger partial charge in [0.05, 0.1) is 0 Å². The van der Waals surface area contributed by atoms with Crippen molar-refractivity contribution in [1.82, 2.24) is 0 Å². The number of hydrogen-bond acceptors (Lipinski definition) is 1. The largest absolute Gasteiger partial charge is 0.295 e. The molecule has 1 aliphatic rings. The molecule has 0 amide bonds. The lowest BCUT2D eigenvalue weighted by atomic mass is 9.91. The fourth-order valence-corrected chi connectivity index (χ4v) is 1.46. The second-order valence-corrected chi connectivity index (χ2v) is 3.27. The summed E-state index contributed by atoms with van der Waals surface area (Å²) in [6.45, 7) is 2.21. The normalized spacial score (nSPS) is 24.1. The molecule has 0 aromatic rings. The van der Waals surface area contributed by atoms with E-state index >= 15 is 0 Å². The van der Waals surface area contributed by atoms with E-state index in [1.54, 1.807) is 6.08 Å². The smallest absolute Gasteiger partial charge is 0.155 e. The molecule has 1 unspecified atom stereocenters. The summed E-state index contributed by atoms with van der Waals surface area (Å²) in [6, 6.07) is 0. The molecular formula is C10H16O. The van der Waals surface area contributed by atoms with Gasteiger partial charge < -0.3 is 0 Å². The molecule has 0 spiro atoms. The first kappa shape index (κ1) is 8.51. The van der Waals surface area contributed by atoms with Gasteiger partial charge in [0.2, 0.25) is 0 Å².